The molecule has 2 N–H and O–H groups in total. The molecule has 1 aromatic heterocycles. The van der Waals surface area contributed by atoms with Gasteiger partial charge in [0.15, 0.2) is 0 Å². The first-order valence-electron chi connectivity index (χ1n) is 10.4. The van der Waals surface area contributed by atoms with Crippen LogP contribution in [0.1, 0.15) is 24.2 Å². The van der Waals surface area contributed by atoms with Gasteiger partial charge < -0.3 is 20.1 Å². The third kappa shape index (κ3) is 6.08. The molecule has 1 heterocycles. The van der Waals surface area contributed by atoms with Gasteiger partial charge in [-0.1, -0.05) is 19.9 Å². The smallest absolute Gasteiger partial charge is 0.255 e. The van der Waals surface area contributed by atoms with Crippen molar-refractivity contribution < 1.29 is 14.3 Å². The number of amides is 1. The zero-order valence-corrected chi connectivity index (χ0v) is 18.5. The van der Waals surface area contributed by atoms with Gasteiger partial charge in [-0.25, -0.2) is 0 Å². The van der Waals surface area contributed by atoms with Crippen LogP contribution < -0.4 is 20.1 Å². The van der Waals surface area contributed by atoms with Crippen LogP contribution in [-0.4, -0.2) is 42.5 Å². The summed E-state index contributed by atoms with van der Waals surface area (Å²) in [5.41, 5.74) is 2.97. The summed E-state index contributed by atoms with van der Waals surface area (Å²) >= 11 is 0. The molecule has 0 saturated carbocycles. The fraction of sp³-hybridized carbons (Fsp3) is 0.333. The van der Waals surface area contributed by atoms with Crippen LogP contribution in [0.5, 0.6) is 11.5 Å². The number of nitrogens with one attached hydrogen (secondary N) is 2. The zero-order valence-electron chi connectivity index (χ0n) is 18.5. The predicted octanol–water partition coefficient (Wildman–Crippen LogP) is 3.97. The van der Waals surface area contributed by atoms with Gasteiger partial charge in [0.1, 0.15) is 18.1 Å². The van der Waals surface area contributed by atoms with E-state index in [9.17, 15) is 4.79 Å². The van der Waals surface area contributed by atoms with Gasteiger partial charge in [-0.2, -0.15) is 5.10 Å². The van der Waals surface area contributed by atoms with E-state index in [0.717, 1.165) is 30.1 Å². The molecule has 164 valence electrons. The molecular weight excluding hydrogens is 392 g/mol. The van der Waals surface area contributed by atoms with Gasteiger partial charge in [0.05, 0.1) is 12.8 Å². The van der Waals surface area contributed by atoms with Crippen molar-refractivity contribution in [2.45, 2.75) is 13.8 Å². The van der Waals surface area contributed by atoms with Crippen molar-refractivity contribution in [1.82, 2.24) is 15.1 Å². The number of carbonyl (C=O) groups excluding carboxylic acids is 1. The zero-order chi connectivity index (χ0) is 22.2. The molecule has 3 aromatic rings. The molecule has 0 fully saturated rings. The Balaban J connectivity index is 1.77. The number of carbonyl (C=O) groups is 1. The highest BCUT2D eigenvalue weighted by atomic mass is 16.5. The molecule has 0 radical (unpaired) electrons. The Hall–Kier alpha value is -3.32. The molecule has 0 saturated heterocycles. The van der Waals surface area contributed by atoms with Crippen LogP contribution in [0.25, 0.3) is 11.3 Å². The van der Waals surface area contributed by atoms with E-state index < -0.39 is 0 Å². The molecule has 0 spiro atoms. The lowest BCUT2D eigenvalue weighted by molar-refractivity contribution is 0.102. The van der Waals surface area contributed by atoms with Gasteiger partial charge in [-0.3, -0.25) is 9.48 Å². The minimum absolute atomic E-state index is 0.207. The lowest BCUT2D eigenvalue weighted by Crippen LogP contribution is -2.25. The summed E-state index contributed by atoms with van der Waals surface area (Å²) < 4.78 is 13.0. The largest absolute Gasteiger partial charge is 0.497 e. The average molecular weight is 423 g/mol. The highest BCUT2D eigenvalue weighted by molar-refractivity contribution is 6.04. The summed E-state index contributed by atoms with van der Waals surface area (Å²) in [6, 6.07) is 14.6. The van der Waals surface area contributed by atoms with E-state index in [2.05, 4.69) is 29.6 Å². The summed E-state index contributed by atoms with van der Waals surface area (Å²) in [4.78, 5) is 12.7. The summed E-state index contributed by atoms with van der Waals surface area (Å²) in [5, 5.41) is 10.6. The Morgan fingerprint density at radius 2 is 2.00 bits per heavy atom. The van der Waals surface area contributed by atoms with E-state index in [1.807, 2.05) is 31.3 Å². The second-order valence-electron chi connectivity index (χ2n) is 7.68. The van der Waals surface area contributed by atoms with E-state index in [1.165, 1.54) is 0 Å². The number of aryl methyl sites for hydroxylation is 1. The Kier molecular flexibility index (Phi) is 7.67. The minimum atomic E-state index is -0.207. The van der Waals surface area contributed by atoms with Crippen LogP contribution in [0.2, 0.25) is 0 Å². The molecule has 3 rings (SSSR count). The summed E-state index contributed by atoms with van der Waals surface area (Å²) in [6.07, 6.45) is 1.74. The van der Waals surface area contributed by atoms with E-state index >= 15 is 0 Å². The fourth-order valence-corrected chi connectivity index (χ4v) is 3.16. The van der Waals surface area contributed by atoms with Crippen LogP contribution in [0, 0.1) is 5.92 Å². The number of benzene rings is 2. The van der Waals surface area contributed by atoms with Crippen molar-refractivity contribution in [3.63, 3.8) is 0 Å². The first-order valence-corrected chi connectivity index (χ1v) is 10.4. The molecular formula is C24H30N4O3. The molecule has 31 heavy (non-hydrogen) atoms. The summed E-state index contributed by atoms with van der Waals surface area (Å²) in [7, 11) is 3.46. The van der Waals surface area contributed by atoms with Gasteiger partial charge in [0.25, 0.3) is 5.91 Å². The first kappa shape index (κ1) is 22.4. The van der Waals surface area contributed by atoms with Crippen LogP contribution in [0.15, 0.2) is 54.7 Å². The second kappa shape index (κ2) is 10.6. The second-order valence-corrected chi connectivity index (χ2v) is 7.68. The molecule has 0 aliphatic heterocycles. The van der Waals surface area contributed by atoms with Crippen molar-refractivity contribution in [2.24, 2.45) is 13.0 Å². The molecule has 0 aliphatic rings. The maximum absolute atomic E-state index is 12.7. The topological polar surface area (TPSA) is 77.4 Å². The SMILES string of the molecule is COc1cccc(C(=O)Nc2ccc(OCCNCC(C)C)c(-c3ccnn3C)c2)c1. The maximum Gasteiger partial charge on any atom is 0.255 e. The number of aromatic nitrogens is 2. The normalized spacial score (nSPS) is 10.9. The Morgan fingerprint density at radius 3 is 2.71 bits per heavy atom. The number of nitrogens with zero attached hydrogens (tertiary/aromatic N) is 2. The van der Waals surface area contributed by atoms with Crippen LogP contribution in [0.4, 0.5) is 5.69 Å². The summed E-state index contributed by atoms with van der Waals surface area (Å²) in [5.74, 6) is 1.77. The number of rotatable bonds is 10. The molecule has 7 heteroatoms. The number of hydrogen-bond acceptors (Lipinski definition) is 5. The lowest BCUT2D eigenvalue weighted by Gasteiger charge is -2.15. The predicted molar refractivity (Wildman–Crippen MR) is 123 cm³/mol. The number of methoxy groups -OCH3 is 1. The van der Waals surface area contributed by atoms with E-state index in [-0.39, 0.29) is 5.91 Å². The Bertz CT molecular complexity index is 1010. The molecule has 0 aliphatic carbocycles. The minimum Gasteiger partial charge on any atom is -0.497 e. The highest BCUT2D eigenvalue weighted by Gasteiger charge is 2.14. The monoisotopic (exact) mass is 422 g/mol. The standard InChI is InChI=1S/C24H30N4O3/c1-17(2)16-25-12-13-31-23-9-8-19(15-21(23)22-10-11-26-28(22)3)27-24(29)18-6-5-7-20(14-18)30-4/h5-11,14-15,17,25H,12-13,16H2,1-4H3,(H,27,29). The van der Waals surface area contributed by atoms with Gasteiger partial charge in [-0.05, 0) is 54.9 Å². The quantitative estimate of drug-likeness (QED) is 0.484. The lowest BCUT2D eigenvalue weighted by atomic mass is 10.1. The van der Waals surface area contributed by atoms with Crippen LogP contribution >= 0.6 is 0 Å². The molecule has 0 unspecified atom stereocenters. The maximum atomic E-state index is 12.7. The molecule has 2 aromatic carbocycles. The van der Waals surface area contributed by atoms with Crippen LogP contribution in [-0.2, 0) is 7.05 Å². The molecule has 0 atom stereocenters. The third-order valence-corrected chi connectivity index (χ3v) is 4.76. The van der Waals surface area contributed by atoms with Gasteiger partial charge in [-0.15, -0.1) is 0 Å². The number of hydrogen-bond donors (Lipinski definition) is 2. The van der Waals surface area contributed by atoms with Crippen molar-refractivity contribution in [2.75, 3.05) is 32.1 Å². The molecule has 7 nitrogen and oxygen atoms in total. The number of ether oxygens (including phenoxy) is 2. The van der Waals surface area contributed by atoms with Crippen molar-refractivity contribution in [3.8, 4) is 22.8 Å². The fourth-order valence-electron chi connectivity index (χ4n) is 3.16. The van der Waals surface area contributed by atoms with E-state index in [4.69, 9.17) is 9.47 Å². The van der Waals surface area contributed by atoms with Gasteiger partial charge in [0, 0.05) is 36.6 Å². The first-order chi connectivity index (χ1) is 15.0. The van der Waals surface area contributed by atoms with Gasteiger partial charge >= 0.3 is 0 Å². The third-order valence-electron chi connectivity index (χ3n) is 4.76. The summed E-state index contributed by atoms with van der Waals surface area (Å²) in [6.45, 7) is 6.61. The number of anilines is 1. The highest BCUT2D eigenvalue weighted by Crippen LogP contribution is 2.32. The molecule has 1 amide bonds. The van der Waals surface area contributed by atoms with E-state index in [1.54, 1.807) is 42.3 Å². The van der Waals surface area contributed by atoms with Crippen molar-refractivity contribution in [1.29, 1.82) is 0 Å². The van der Waals surface area contributed by atoms with E-state index in [0.29, 0.717) is 29.5 Å². The van der Waals surface area contributed by atoms with Crippen molar-refractivity contribution >= 4 is 11.6 Å². The van der Waals surface area contributed by atoms with Crippen LogP contribution in [0.3, 0.4) is 0 Å². The van der Waals surface area contributed by atoms with Crippen molar-refractivity contribution in [3.05, 3.63) is 60.3 Å². The Labute approximate surface area is 183 Å². The molecule has 0 bridgehead atoms. The average Bonchev–Trinajstić information content (AvgIpc) is 3.19. The van der Waals surface area contributed by atoms with Gasteiger partial charge in [0.2, 0.25) is 0 Å². The Morgan fingerprint density at radius 1 is 1.16 bits per heavy atom.